The Labute approximate surface area is 161 Å². The van der Waals surface area contributed by atoms with Gasteiger partial charge in [0.1, 0.15) is 5.82 Å². The van der Waals surface area contributed by atoms with Crippen molar-refractivity contribution >= 4 is 11.7 Å². The maximum Gasteiger partial charge on any atom is 0.225 e. The molecule has 2 aliphatic rings. The molecule has 1 heterocycles. The first kappa shape index (κ1) is 20.2. The van der Waals surface area contributed by atoms with Crippen molar-refractivity contribution in [1.82, 2.24) is 4.98 Å². The van der Waals surface area contributed by atoms with E-state index in [0.29, 0.717) is 18.7 Å². The first-order valence-corrected chi connectivity index (χ1v) is 9.91. The van der Waals surface area contributed by atoms with E-state index < -0.39 is 17.6 Å². The van der Waals surface area contributed by atoms with Gasteiger partial charge in [0.2, 0.25) is 5.91 Å². The molecule has 6 unspecified atom stereocenters. The first-order valence-electron chi connectivity index (χ1n) is 9.91. The molecule has 27 heavy (non-hydrogen) atoms. The Morgan fingerprint density at radius 1 is 1.26 bits per heavy atom. The minimum Gasteiger partial charge on any atom is -0.396 e. The number of pyridine rings is 1. The molecular weight excluding hydrogens is 344 g/mol. The van der Waals surface area contributed by atoms with Gasteiger partial charge in [0.25, 0.3) is 0 Å². The molecule has 0 saturated heterocycles. The zero-order chi connectivity index (χ0) is 19.8. The van der Waals surface area contributed by atoms with Crippen LogP contribution in [-0.2, 0) is 4.79 Å². The summed E-state index contributed by atoms with van der Waals surface area (Å²) in [5, 5.41) is 34.1. The van der Waals surface area contributed by atoms with Gasteiger partial charge in [-0.05, 0) is 62.0 Å². The van der Waals surface area contributed by atoms with Crippen molar-refractivity contribution in [2.24, 2.45) is 22.7 Å². The Kier molecular flexibility index (Phi) is 5.62. The summed E-state index contributed by atoms with van der Waals surface area (Å²) in [5.74, 6) is 0.221. The lowest BCUT2D eigenvalue weighted by atomic mass is 9.46. The van der Waals surface area contributed by atoms with Crippen molar-refractivity contribution in [1.29, 1.82) is 0 Å². The lowest BCUT2D eigenvalue weighted by molar-refractivity contribution is -0.185. The van der Waals surface area contributed by atoms with Crippen LogP contribution in [0.4, 0.5) is 5.82 Å². The SMILES string of the molecule is Cc1cccc(NC(=O)CC2C(O)CCC3C(C)(CO)C(O)CCC23C)n1. The van der Waals surface area contributed by atoms with E-state index in [-0.39, 0.29) is 36.2 Å². The van der Waals surface area contributed by atoms with Gasteiger partial charge in [0, 0.05) is 17.5 Å². The molecule has 3 rings (SSSR count). The number of fused-ring (bicyclic) bond motifs is 1. The van der Waals surface area contributed by atoms with Crippen molar-refractivity contribution in [3.05, 3.63) is 23.9 Å². The van der Waals surface area contributed by atoms with Crippen LogP contribution in [0.2, 0.25) is 0 Å². The second-order valence-electron chi connectivity index (χ2n) is 8.94. The Morgan fingerprint density at radius 3 is 2.67 bits per heavy atom. The third-order valence-corrected chi connectivity index (χ3v) is 7.27. The predicted molar refractivity (Wildman–Crippen MR) is 103 cm³/mol. The molecule has 0 aliphatic heterocycles. The first-order chi connectivity index (χ1) is 12.7. The fourth-order valence-electron chi connectivity index (χ4n) is 5.61. The summed E-state index contributed by atoms with van der Waals surface area (Å²) in [5.41, 5.74) is -0.0661. The second-order valence-corrected chi connectivity index (χ2v) is 8.94. The van der Waals surface area contributed by atoms with Gasteiger partial charge in [-0.3, -0.25) is 4.79 Å². The number of anilines is 1. The van der Waals surface area contributed by atoms with E-state index in [4.69, 9.17) is 0 Å². The van der Waals surface area contributed by atoms with Crippen LogP contribution >= 0.6 is 0 Å². The molecule has 6 nitrogen and oxygen atoms in total. The third kappa shape index (κ3) is 3.62. The summed E-state index contributed by atoms with van der Waals surface area (Å²) < 4.78 is 0. The number of carbonyl (C=O) groups is 1. The van der Waals surface area contributed by atoms with E-state index in [0.717, 1.165) is 18.5 Å². The van der Waals surface area contributed by atoms with Crippen molar-refractivity contribution in [3.63, 3.8) is 0 Å². The molecular formula is C21H32N2O4. The lowest BCUT2D eigenvalue weighted by Gasteiger charge is -2.60. The average Bonchev–Trinajstić information content (AvgIpc) is 2.62. The van der Waals surface area contributed by atoms with Crippen LogP contribution in [0.15, 0.2) is 18.2 Å². The largest absolute Gasteiger partial charge is 0.396 e. The van der Waals surface area contributed by atoms with E-state index in [1.165, 1.54) is 0 Å². The second kappa shape index (κ2) is 7.49. The van der Waals surface area contributed by atoms with Gasteiger partial charge < -0.3 is 20.6 Å². The maximum absolute atomic E-state index is 12.7. The van der Waals surface area contributed by atoms with Gasteiger partial charge in [-0.15, -0.1) is 0 Å². The molecule has 0 bridgehead atoms. The van der Waals surface area contributed by atoms with Crippen LogP contribution < -0.4 is 5.32 Å². The molecule has 0 spiro atoms. The Bertz CT molecular complexity index is 697. The molecule has 150 valence electrons. The molecule has 2 fully saturated rings. The monoisotopic (exact) mass is 376 g/mol. The van der Waals surface area contributed by atoms with Crippen LogP contribution in [-0.4, -0.2) is 45.0 Å². The Morgan fingerprint density at radius 2 is 2.00 bits per heavy atom. The summed E-state index contributed by atoms with van der Waals surface area (Å²) in [7, 11) is 0. The molecule has 1 amide bonds. The summed E-state index contributed by atoms with van der Waals surface area (Å²) in [4.78, 5) is 17.0. The smallest absolute Gasteiger partial charge is 0.225 e. The number of hydrogen-bond donors (Lipinski definition) is 4. The van der Waals surface area contributed by atoms with Gasteiger partial charge in [0.05, 0.1) is 18.8 Å². The Balaban J connectivity index is 1.80. The number of aryl methyl sites for hydroxylation is 1. The van der Waals surface area contributed by atoms with E-state index in [9.17, 15) is 20.1 Å². The number of amides is 1. The summed E-state index contributed by atoms with van der Waals surface area (Å²) in [6, 6.07) is 5.47. The molecule has 1 aromatic heterocycles. The van der Waals surface area contributed by atoms with Crippen LogP contribution in [0, 0.1) is 29.6 Å². The van der Waals surface area contributed by atoms with Crippen LogP contribution in [0.25, 0.3) is 0 Å². The minimum atomic E-state index is -0.597. The van der Waals surface area contributed by atoms with Crippen molar-refractivity contribution in [2.75, 3.05) is 11.9 Å². The number of nitrogens with one attached hydrogen (secondary N) is 1. The van der Waals surface area contributed by atoms with Crippen LogP contribution in [0.3, 0.4) is 0 Å². The lowest BCUT2D eigenvalue weighted by Crippen LogP contribution is -2.60. The fourth-order valence-corrected chi connectivity index (χ4v) is 5.61. The van der Waals surface area contributed by atoms with Crippen LogP contribution in [0.5, 0.6) is 0 Å². The van der Waals surface area contributed by atoms with Crippen molar-refractivity contribution in [3.8, 4) is 0 Å². The number of aliphatic hydroxyl groups excluding tert-OH is 3. The van der Waals surface area contributed by atoms with Gasteiger partial charge in [-0.2, -0.15) is 0 Å². The van der Waals surface area contributed by atoms with Gasteiger partial charge >= 0.3 is 0 Å². The minimum absolute atomic E-state index is 0.0667. The summed E-state index contributed by atoms with van der Waals surface area (Å²) >= 11 is 0. The normalized spacial score (nSPS) is 38.9. The molecule has 2 saturated carbocycles. The number of aliphatic hydroxyl groups is 3. The number of nitrogens with zero attached hydrogens (tertiary/aromatic N) is 1. The summed E-state index contributed by atoms with van der Waals surface area (Å²) in [6.45, 7) is 5.83. The maximum atomic E-state index is 12.7. The Hall–Kier alpha value is -1.50. The average molecular weight is 376 g/mol. The molecule has 4 N–H and O–H groups in total. The topological polar surface area (TPSA) is 103 Å². The number of hydrogen-bond acceptors (Lipinski definition) is 5. The van der Waals surface area contributed by atoms with E-state index >= 15 is 0 Å². The van der Waals surface area contributed by atoms with E-state index in [2.05, 4.69) is 17.2 Å². The highest BCUT2D eigenvalue weighted by Gasteiger charge is 2.58. The quantitative estimate of drug-likeness (QED) is 0.646. The molecule has 0 aromatic carbocycles. The number of rotatable bonds is 4. The molecule has 1 aromatic rings. The van der Waals surface area contributed by atoms with E-state index in [1.807, 2.05) is 26.0 Å². The highest BCUT2D eigenvalue weighted by molar-refractivity contribution is 5.90. The van der Waals surface area contributed by atoms with E-state index in [1.54, 1.807) is 6.07 Å². The molecule has 2 aliphatic carbocycles. The number of carbonyl (C=O) groups excluding carboxylic acids is 1. The molecule has 0 radical (unpaired) electrons. The van der Waals surface area contributed by atoms with Crippen LogP contribution in [0.1, 0.15) is 51.6 Å². The van der Waals surface area contributed by atoms with Crippen molar-refractivity contribution in [2.45, 2.75) is 65.1 Å². The zero-order valence-corrected chi connectivity index (χ0v) is 16.5. The third-order valence-electron chi connectivity index (χ3n) is 7.27. The standard InChI is InChI=1S/C21H32N2O4/c1-13-5-4-6-18(22-13)23-19(27)11-14-15(25)7-8-16-20(14,2)10-9-17(26)21(16,3)12-24/h4-6,14-17,24-26H,7-12H2,1-3H3,(H,22,23,27). The zero-order valence-electron chi connectivity index (χ0n) is 16.5. The molecule has 6 atom stereocenters. The predicted octanol–water partition coefficient (Wildman–Crippen LogP) is 2.27. The highest BCUT2D eigenvalue weighted by atomic mass is 16.3. The van der Waals surface area contributed by atoms with Gasteiger partial charge in [-0.25, -0.2) is 4.98 Å². The molecule has 6 heteroatoms. The van der Waals surface area contributed by atoms with Crippen molar-refractivity contribution < 1.29 is 20.1 Å². The highest BCUT2D eigenvalue weighted by Crippen LogP contribution is 2.60. The fraction of sp³-hybridized carbons (Fsp3) is 0.714. The number of aromatic nitrogens is 1. The summed E-state index contributed by atoms with van der Waals surface area (Å²) in [6.07, 6.45) is 1.76. The van der Waals surface area contributed by atoms with Gasteiger partial charge in [-0.1, -0.05) is 19.9 Å². The van der Waals surface area contributed by atoms with Gasteiger partial charge in [0.15, 0.2) is 0 Å².